The standard InChI is InChI=1S/C19H24N2O4/c1-12-18(19(23)25-11-17(20)22)15-10-14(24-2)8-9-16(15)21(12)13-6-4-3-5-7-13/h8-10,13H,3-7,11H2,1-2H3,(H2,20,22). The number of methoxy groups -OCH3 is 1. The Hall–Kier alpha value is -2.50. The van der Waals surface area contributed by atoms with Crippen LogP contribution in [-0.2, 0) is 9.53 Å². The predicted molar refractivity (Wildman–Crippen MR) is 94.8 cm³/mol. The number of benzene rings is 1. The van der Waals surface area contributed by atoms with Crippen molar-refractivity contribution >= 4 is 22.8 Å². The topological polar surface area (TPSA) is 83.6 Å². The zero-order valence-corrected chi connectivity index (χ0v) is 14.7. The maximum atomic E-state index is 12.6. The Morgan fingerprint density at radius 2 is 1.96 bits per heavy atom. The smallest absolute Gasteiger partial charge is 0.341 e. The molecular weight excluding hydrogens is 320 g/mol. The number of fused-ring (bicyclic) bond motifs is 1. The fourth-order valence-electron chi connectivity index (χ4n) is 3.82. The van der Waals surface area contributed by atoms with Crippen LogP contribution in [0.5, 0.6) is 5.75 Å². The van der Waals surface area contributed by atoms with E-state index >= 15 is 0 Å². The highest BCUT2D eigenvalue weighted by molar-refractivity contribution is 6.06. The molecule has 2 N–H and O–H groups in total. The zero-order chi connectivity index (χ0) is 18.0. The number of rotatable bonds is 5. The van der Waals surface area contributed by atoms with Crippen molar-refractivity contribution in [2.45, 2.75) is 45.1 Å². The molecule has 0 radical (unpaired) electrons. The third kappa shape index (κ3) is 3.34. The number of nitrogens with zero attached hydrogens (tertiary/aromatic N) is 1. The lowest BCUT2D eigenvalue weighted by molar-refractivity contribution is -0.121. The van der Waals surface area contributed by atoms with Crippen LogP contribution in [0, 0.1) is 6.92 Å². The largest absolute Gasteiger partial charge is 0.497 e. The van der Waals surface area contributed by atoms with Crippen molar-refractivity contribution < 1.29 is 19.1 Å². The number of carbonyl (C=O) groups is 2. The molecule has 0 atom stereocenters. The van der Waals surface area contributed by atoms with Crippen LogP contribution in [-0.4, -0.2) is 30.2 Å². The van der Waals surface area contributed by atoms with Crippen LogP contribution in [0.4, 0.5) is 0 Å². The second-order valence-electron chi connectivity index (χ2n) is 6.55. The first-order chi connectivity index (χ1) is 12.0. The van der Waals surface area contributed by atoms with Crippen molar-refractivity contribution in [1.29, 1.82) is 0 Å². The van der Waals surface area contributed by atoms with Crippen LogP contribution in [0.1, 0.15) is 54.2 Å². The van der Waals surface area contributed by atoms with E-state index in [0.717, 1.165) is 29.4 Å². The van der Waals surface area contributed by atoms with Gasteiger partial charge in [0.2, 0.25) is 0 Å². The minimum Gasteiger partial charge on any atom is -0.497 e. The van der Waals surface area contributed by atoms with E-state index in [-0.39, 0.29) is 0 Å². The Balaban J connectivity index is 2.11. The van der Waals surface area contributed by atoms with Gasteiger partial charge in [0.15, 0.2) is 6.61 Å². The lowest BCUT2D eigenvalue weighted by atomic mass is 9.95. The van der Waals surface area contributed by atoms with Gasteiger partial charge >= 0.3 is 5.97 Å². The number of carbonyl (C=O) groups excluding carboxylic acids is 2. The highest BCUT2D eigenvalue weighted by Gasteiger charge is 2.26. The van der Waals surface area contributed by atoms with Gasteiger partial charge in [0.1, 0.15) is 5.75 Å². The van der Waals surface area contributed by atoms with Gasteiger partial charge in [-0.05, 0) is 38.0 Å². The van der Waals surface area contributed by atoms with Gasteiger partial charge in [-0.25, -0.2) is 4.79 Å². The molecule has 0 spiro atoms. The predicted octanol–water partition coefficient (Wildman–Crippen LogP) is 3.11. The molecule has 25 heavy (non-hydrogen) atoms. The minimum absolute atomic E-state index is 0.377. The fourth-order valence-corrected chi connectivity index (χ4v) is 3.82. The lowest BCUT2D eigenvalue weighted by Crippen LogP contribution is -2.21. The summed E-state index contributed by atoms with van der Waals surface area (Å²) < 4.78 is 12.6. The summed E-state index contributed by atoms with van der Waals surface area (Å²) in [6.45, 7) is 1.51. The Labute approximate surface area is 146 Å². The van der Waals surface area contributed by atoms with Gasteiger partial charge in [-0.2, -0.15) is 0 Å². The molecule has 1 amide bonds. The molecule has 1 aromatic carbocycles. The van der Waals surface area contributed by atoms with Gasteiger partial charge in [0.25, 0.3) is 5.91 Å². The number of aromatic nitrogens is 1. The summed E-state index contributed by atoms with van der Waals surface area (Å²) in [5.41, 5.74) is 7.44. The van der Waals surface area contributed by atoms with Crippen LogP contribution in [0.2, 0.25) is 0 Å². The molecule has 1 heterocycles. The van der Waals surface area contributed by atoms with E-state index in [9.17, 15) is 9.59 Å². The molecule has 0 unspecified atom stereocenters. The first-order valence-corrected chi connectivity index (χ1v) is 8.67. The van der Waals surface area contributed by atoms with E-state index in [1.807, 2.05) is 25.1 Å². The summed E-state index contributed by atoms with van der Waals surface area (Å²) in [5, 5.41) is 0.789. The summed E-state index contributed by atoms with van der Waals surface area (Å²) in [5.74, 6) is -0.513. The maximum absolute atomic E-state index is 12.6. The molecule has 1 aliphatic carbocycles. The molecule has 0 aliphatic heterocycles. The first kappa shape index (κ1) is 17.3. The number of esters is 1. The number of hydrogen-bond acceptors (Lipinski definition) is 4. The molecule has 0 bridgehead atoms. The Morgan fingerprint density at radius 3 is 2.60 bits per heavy atom. The van der Waals surface area contributed by atoms with E-state index in [1.54, 1.807) is 7.11 Å². The maximum Gasteiger partial charge on any atom is 0.341 e. The number of ether oxygens (including phenoxy) is 2. The molecule has 6 heteroatoms. The molecule has 1 fully saturated rings. The minimum atomic E-state index is -0.667. The van der Waals surface area contributed by atoms with Gasteiger partial charge in [-0.3, -0.25) is 4.79 Å². The SMILES string of the molecule is COc1ccc2c(c1)c(C(=O)OCC(N)=O)c(C)n2C1CCCCC1. The van der Waals surface area contributed by atoms with Gasteiger partial charge < -0.3 is 19.8 Å². The molecule has 134 valence electrons. The Bertz CT molecular complexity index is 803. The molecule has 0 saturated heterocycles. The average molecular weight is 344 g/mol. The highest BCUT2D eigenvalue weighted by Crippen LogP contribution is 2.37. The lowest BCUT2D eigenvalue weighted by Gasteiger charge is -2.26. The van der Waals surface area contributed by atoms with Crippen molar-refractivity contribution in [2.75, 3.05) is 13.7 Å². The second kappa shape index (κ2) is 7.17. The van der Waals surface area contributed by atoms with E-state index in [1.165, 1.54) is 19.3 Å². The Kier molecular flexibility index (Phi) is 4.97. The van der Waals surface area contributed by atoms with E-state index < -0.39 is 18.5 Å². The van der Waals surface area contributed by atoms with Crippen molar-refractivity contribution in [3.63, 3.8) is 0 Å². The third-order valence-electron chi connectivity index (χ3n) is 4.95. The number of hydrogen-bond donors (Lipinski definition) is 1. The summed E-state index contributed by atoms with van der Waals surface area (Å²) in [6.07, 6.45) is 5.86. The molecule has 1 saturated carbocycles. The van der Waals surface area contributed by atoms with Crippen molar-refractivity contribution in [1.82, 2.24) is 4.57 Å². The van der Waals surface area contributed by atoms with Crippen molar-refractivity contribution in [3.05, 3.63) is 29.5 Å². The summed E-state index contributed by atoms with van der Waals surface area (Å²) in [7, 11) is 1.59. The van der Waals surface area contributed by atoms with Crippen LogP contribution >= 0.6 is 0 Å². The normalized spacial score (nSPS) is 15.3. The van der Waals surface area contributed by atoms with E-state index in [4.69, 9.17) is 15.2 Å². The van der Waals surface area contributed by atoms with E-state index in [0.29, 0.717) is 17.4 Å². The number of nitrogens with two attached hydrogens (primary N) is 1. The average Bonchev–Trinajstić information content (AvgIpc) is 2.91. The third-order valence-corrected chi connectivity index (χ3v) is 4.95. The van der Waals surface area contributed by atoms with Crippen LogP contribution in [0.25, 0.3) is 10.9 Å². The van der Waals surface area contributed by atoms with Crippen molar-refractivity contribution in [2.24, 2.45) is 5.73 Å². The highest BCUT2D eigenvalue weighted by atomic mass is 16.5. The molecule has 1 aromatic heterocycles. The summed E-state index contributed by atoms with van der Waals surface area (Å²) in [4.78, 5) is 23.6. The van der Waals surface area contributed by atoms with Gasteiger partial charge in [-0.1, -0.05) is 19.3 Å². The van der Waals surface area contributed by atoms with Gasteiger partial charge in [0.05, 0.1) is 12.7 Å². The Morgan fingerprint density at radius 1 is 1.24 bits per heavy atom. The summed E-state index contributed by atoms with van der Waals surface area (Å²) in [6, 6.07) is 6.12. The molecular formula is C19H24N2O4. The van der Waals surface area contributed by atoms with Gasteiger partial charge in [0, 0.05) is 22.6 Å². The monoisotopic (exact) mass is 344 g/mol. The second-order valence-corrected chi connectivity index (χ2v) is 6.55. The fraction of sp³-hybridized carbons (Fsp3) is 0.474. The van der Waals surface area contributed by atoms with Crippen LogP contribution in [0.15, 0.2) is 18.2 Å². The molecule has 1 aliphatic rings. The molecule has 6 nitrogen and oxygen atoms in total. The van der Waals surface area contributed by atoms with Crippen LogP contribution in [0.3, 0.4) is 0 Å². The van der Waals surface area contributed by atoms with Gasteiger partial charge in [-0.15, -0.1) is 0 Å². The molecule has 3 rings (SSSR count). The first-order valence-electron chi connectivity index (χ1n) is 8.67. The van der Waals surface area contributed by atoms with Crippen LogP contribution < -0.4 is 10.5 Å². The molecule has 2 aromatic rings. The van der Waals surface area contributed by atoms with Crippen molar-refractivity contribution in [3.8, 4) is 5.75 Å². The number of amides is 1. The number of primary amides is 1. The zero-order valence-electron chi connectivity index (χ0n) is 14.7. The quantitative estimate of drug-likeness (QED) is 0.845. The summed E-state index contributed by atoms with van der Waals surface area (Å²) >= 11 is 0. The van der Waals surface area contributed by atoms with E-state index in [2.05, 4.69) is 4.57 Å².